The summed E-state index contributed by atoms with van der Waals surface area (Å²) in [5.41, 5.74) is 3.14. The molecule has 6 rings (SSSR count). The third-order valence-corrected chi connectivity index (χ3v) is 14.3. The fraction of sp³-hybridized carbons (Fsp3) is 0.444. The van der Waals surface area contributed by atoms with Crippen molar-refractivity contribution >= 4 is 58.2 Å². The molecule has 2 N–H and O–H groups in total. The molecule has 0 saturated carbocycles. The van der Waals surface area contributed by atoms with Crippen LogP contribution in [0.3, 0.4) is 0 Å². The van der Waals surface area contributed by atoms with Gasteiger partial charge in [-0.05, 0) is 136 Å². The van der Waals surface area contributed by atoms with Gasteiger partial charge in [0.05, 0.1) is 35.1 Å². The zero-order chi connectivity index (χ0) is 46.9. The van der Waals surface area contributed by atoms with E-state index in [1.807, 2.05) is 121 Å². The van der Waals surface area contributed by atoms with Crippen LogP contribution in [0.5, 0.6) is 0 Å². The fourth-order valence-electron chi connectivity index (χ4n) is 10.3. The van der Waals surface area contributed by atoms with Gasteiger partial charge in [0.1, 0.15) is 0 Å². The zero-order valence-corrected chi connectivity index (χ0v) is 41.2. The molecule has 0 radical (unpaired) electrons. The van der Waals surface area contributed by atoms with Gasteiger partial charge >= 0.3 is 0 Å². The van der Waals surface area contributed by atoms with Gasteiger partial charge in [0.15, 0.2) is 0 Å². The summed E-state index contributed by atoms with van der Waals surface area (Å²) < 4.78 is 0. The largest absolute Gasteiger partial charge is 0.393 e. The number of hydrogen-bond acceptors (Lipinski definition) is 4. The second kappa shape index (κ2) is 22.7. The van der Waals surface area contributed by atoms with Gasteiger partial charge in [-0.15, -0.1) is 13.2 Å². The van der Waals surface area contributed by atoms with Crippen molar-refractivity contribution < 1.29 is 19.8 Å². The maximum atomic E-state index is 14.1. The first-order chi connectivity index (χ1) is 30.4. The molecule has 10 heteroatoms. The van der Waals surface area contributed by atoms with Gasteiger partial charge in [-0.1, -0.05) is 135 Å². The standard InChI is InChI=1S/2C27H33Cl2NO2/c2*1-5-14-27(4)17-24(20-8-7-9-22(29)16-20)25(19-10-12-21(28)13-11-19)30(26(27)32)23(6-2)15-18(3)31/h2*5,7-13,16,18,23-25,31H,1,6,14-15,17H2,2-4H3/t18-,23+,24-,25?,27+;18-,23-,24+,25?,27-/m10/s1. The smallest absolute Gasteiger partial charge is 0.229 e. The molecule has 2 unspecified atom stereocenters. The molecule has 0 aromatic heterocycles. The highest BCUT2D eigenvalue weighted by atomic mass is 35.5. The van der Waals surface area contributed by atoms with Crippen LogP contribution in [0.2, 0.25) is 20.1 Å². The summed E-state index contributed by atoms with van der Waals surface area (Å²) in [4.78, 5) is 32.2. The number of aliphatic hydroxyl groups is 2. The molecule has 6 nitrogen and oxygen atoms in total. The van der Waals surface area contributed by atoms with Crippen molar-refractivity contribution in [1.29, 1.82) is 0 Å². The van der Waals surface area contributed by atoms with E-state index in [4.69, 9.17) is 46.4 Å². The quantitative estimate of drug-likeness (QED) is 0.110. The molecule has 10 atom stereocenters. The second-order valence-corrected chi connectivity index (χ2v) is 20.3. The Morgan fingerprint density at radius 3 is 1.22 bits per heavy atom. The molecular weight excluding hydrogens is 882 g/mol. The first-order valence-corrected chi connectivity index (χ1v) is 24.2. The summed E-state index contributed by atoms with van der Waals surface area (Å²) in [6.45, 7) is 19.6. The Labute approximate surface area is 402 Å². The number of rotatable bonds is 16. The molecule has 2 amide bonds. The summed E-state index contributed by atoms with van der Waals surface area (Å²) >= 11 is 25.2. The molecule has 64 heavy (non-hydrogen) atoms. The molecule has 4 aromatic rings. The molecule has 2 fully saturated rings. The number of aliphatic hydroxyl groups excluding tert-OH is 2. The summed E-state index contributed by atoms with van der Waals surface area (Å²) in [5.74, 6) is 0.312. The van der Waals surface area contributed by atoms with Crippen LogP contribution in [0.15, 0.2) is 122 Å². The van der Waals surface area contributed by atoms with Crippen molar-refractivity contribution in [2.24, 2.45) is 10.8 Å². The van der Waals surface area contributed by atoms with Crippen LogP contribution < -0.4 is 0 Å². The number of allylic oxidation sites excluding steroid dienone is 2. The Hall–Kier alpha value is -3.62. The highest BCUT2D eigenvalue weighted by molar-refractivity contribution is 6.31. The molecule has 0 spiro atoms. The molecule has 4 aromatic carbocycles. The van der Waals surface area contributed by atoms with Crippen molar-refractivity contribution in [1.82, 2.24) is 9.80 Å². The van der Waals surface area contributed by atoms with Gasteiger partial charge in [0.2, 0.25) is 11.8 Å². The molecule has 2 heterocycles. The molecule has 2 aliphatic heterocycles. The Balaban J connectivity index is 0.000000241. The highest BCUT2D eigenvalue weighted by Crippen LogP contribution is 2.54. The number of carbonyl (C=O) groups excluding carboxylic acids is 2. The first-order valence-electron chi connectivity index (χ1n) is 22.6. The van der Waals surface area contributed by atoms with Crippen LogP contribution in [-0.4, -0.2) is 56.1 Å². The van der Waals surface area contributed by atoms with E-state index >= 15 is 0 Å². The lowest BCUT2D eigenvalue weighted by Crippen LogP contribution is -2.55. The molecule has 2 saturated heterocycles. The number of nitrogens with zero attached hydrogens (tertiary/aromatic N) is 2. The van der Waals surface area contributed by atoms with Gasteiger partial charge in [0, 0.05) is 44.0 Å². The Morgan fingerprint density at radius 1 is 0.594 bits per heavy atom. The van der Waals surface area contributed by atoms with Crippen molar-refractivity contribution in [3.05, 3.63) is 165 Å². The number of likely N-dealkylation sites (tertiary alicyclic amines) is 2. The van der Waals surface area contributed by atoms with Gasteiger partial charge in [-0.25, -0.2) is 0 Å². The first kappa shape index (κ1) is 51.4. The van der Waals surface area contributed by atoms with E-state index < -0.39 is 23.0 Å². The molecule has 2 aliphatic rings. The fourth-order valence-corrected chi connectivity index (χ4v) is 11.0. The highest BCUT2D eigenvalue weighted by Gasteiger charge is 2.52. The molecular formula is C54H66Cl4N2O4. The lowest BCUT2D eigenvalue weighted by Gasteiger charge is -2.52. The minimum atomic E-state index is -0.580. The van der Waals surface area contributed by atoms with Crippen molar-refractivity contribution in [2.75, 3.05) is 0 Å². The van der Waals surface area contributed by atoms with Crippen LogP contribution in [0.25, 0.3) is 0 Å². The minimum absolute atomic E-state index is 0.0422. The predicted molar refractivity (Wildman–Crippen MR) is 266 cm³/mol. The average Bonchev–Trinajstić information content (AvgIpc) is 3.25. The maximum absolute atomic E-state index is 14.1. The van der Waals surface area contributed by atoms with Crippen molar-refractivity contribution in [3.63, 3.8) is 0 Å². The summed E-state index contributed by atoms with van der Waals surface area (Å²) in [6.07, 6.45) is 7.80. The topological polar surface area (TPSA) is 81.1 Å². The van der Waals surface area contributed by atoms with E-state index in [0.717, 1.165) is 35.1 Å². The normalized spacial score (nSPS) is 25.4. The summed E-state index contributed by atoms with van der Waals surface area (Å²) in [6, 6.07) is 30.9. The molecule has 344 valence electrons. The SMILES string of the molecule is C=CC[C@@]1(C)C[C@H](c2cccc(Cl)c2)C(c2ccc(Cl)cc2)N([C@@H](CC)C[C@@H](C)O)C1=O.C=CC[C@@]1(C)C[C@H](c2cccc(Cl)c2)C(c2ccc(Cl)cc2)N([C@@H](CC)C[C@H](C)O)C1=O. The van der Waals surface area contributed by atoms with Crippen molar-refractivity contribution in [2.45, 2.75) is 141 Å². The van der Waals surface area contributed by atoms with Gasteiger partial charge in [-0.2, -0.15) is 0 Å². The summed E-state index contributed by atoms with van der Waals surface area (Å²) in [7, 11) is 0. The average molecular weight is 949 g/mol. The zero-order valence-electron chi connectivity index (χ0n) is 38.2. The van der Waals surface area contributed by atoms with Crippen LogP contribution in [-0.2, 0) is 9.59 Å². The molecule has 0 bridgehead atoms. The number of hydrogen-bond donors (Lipinski definition) is 2. The maximum Gasteiger partial charge on any atom is 0.229 e. The minimum Gasteiger partial charge on any atom is -0.393 e. The number of halogens is 4. The summed E-state index contributed by atoms with van der Waals surface area (Å²) in [5, 5.41) is 23.1. The molecule has 0 aliphatic carbocycles. The van der Waals surface area contributed by atoms with Gasteiger partial charge < -0.3 is 20.0 Å². The van der Waals surface area contributed by atoms with E-state index in [1.54, 1.807) is 13.8 Å². The predicted octanol–water partition coefficient (Wildman–Crippen LogP) is 14.4. The van der Waals surface area contributed by atoms with Gasteiger partial charge in [-0.3, -0.25) is 9.59 Å². The van der Waals surface area contributed by atoms with Crippen LogP contribution in [0, 0.1) is 10.8 Å². The Morgan fingerprint density at radius 2 is 0.938 bits per heavy atom. The third kappa shape index (κ3) is 12.0. The van der Waals surface area contributed by atoms with Crippen molar-refractivity contribution in [3.8, 4) is 0 Å². The van der Waals surface area contributed by atoms with Crippen LogP contribution >= 0.6 is 46.4 Å². The number of amides is 2. The van der Waals surface area contributed by atoms with E-state index in [2.05, 4.69) is 39.1 Å². The number of carbonyl (C=O) groups is 2. The van der Waals surface area contributed by atoms with Gasteiger partial charge in [0.25, 0.3) is 0 Å². The lowest BCUT2D eigenvalue weighted by atomic mass is 9.67. The number of benzene rings is 4. The number of piperidine rings is 2. The Kier molecular flexibility index (Phi) is 18.2. The van der Waals surface area contributed by atoms with E-state index in [0.29, 0.717) is 58.6 Å². The van der Waals surface area contributed by atoms with E-state index in [1.165, 1.54) is 0 Å². The Bertz CT molecular complexity index is 2040. The van der Waals surface area contributed by atoms with Crippen LogP contribution in [0.1, 0.15) is 139 Å². The third-order valence-electron chi connectivity index (χ3n) is 13.3. The van der Waals surface area contributed by atoms with Crippen LogP contribution in [0.4, 0.5) is 0 Å². The van der Waals surface area contributed by atoms with E-state index in [9.17, 15) is 19.8 Å². The second-order valence-electron chi connectivity index (χ2n) is 18.5. The lowest BCUT2D eigenvalue weighted by molar-refractivity contribution is -0.156. The monoisotopic (exact) mass is 946 g/mol. The van der Waals surface area contributed by atoms with E-state index in [-0.39, 0.29) is 47.8 Å².